The molecule has 1 amide bonds. The van der Waals surface area contributed by atoms with E-state index >= 15 is 0 Å². The van der Waals surface area contributed by atoms with Crippen molar-refractivity contribution in [2.24, 2.45) is 0 Å². The molecule has 2 aliphatic heterocycles. The summed E-state index contributed by atoms with van der Waals surface area (Å²) in [6, 6.07) is -0.801. The lowest BCUT2D eigenvalue weighted by molar-refractivity contribution is -0.203. The molecule has 0 aromatic heterocycles. The topological polar surface area (TPSA) is 126 Å². The summed E-state index contributed by atoms with van der Waals surface area (Å²) in [4.78, 5) is 61.0. The Bertz CT molecular complexity index is 722. The third-order valence-electron chi connectivity index (χ3n) is 4.52. The highest BCUT2D eigenvalue weighted by Gasteiger charge is 2.62. The third-order valence-corrected chi connectivity index (χ3v) is 6.08. The van der Waals surface area contributed by atoms with Crippen LogP contribution < -0.4 is 0 Å². The zero-order valence-electron chi connectivity index (χ0n) is 17.1. The Morgan fingerprint density at radius 3 is 2.14 bits per heavy atom. The minimum absolute atomic E-state index is 0.342. The number of amides is 1. The number of ether oxygens (including phenoxy) is 4. The quantitative estimate of drug-likeness (QED) is 0.431. The van der Waals surface area contributed by atoms with Crippen LogP contribution in [0.2, 0.25) is 0 Å². The number of carbonyl (C=O) groups excluding carboxylic acids is 5. The van der Waals surface area contributed by atoms with Gasteiger partial charge in [0.05, 0.1) is 0 Å². The molecule has 3 unspecified atom stereocenters. The highest BCUT2D eigenvalue weighted by molar-refractivity contribution is 8.01. The predicted octanol–water partition coefficient (Wildman–Crippen LogP) is 0.407. The maximum Gasteiger partial charge on any atom is 0.330 e. The van der Waals surface area contributed by atoms with Gasteiger partial charge >= 0.3 is 23.9 Å². The van der Waals surface area contributed by atoms with Gasteiger partial charge in [0.25, 0.3) is 0 Å². The molecule has 0 aliphatic carbocycles. The number of esters is 4. The van der Waals surface area contributed by atoms with Crippen LogP contribution in [0.15, 0.2) is 0 Å². The second kappa shape index (κ2) is 8.60. The molecule has 2 bridgehead atoms. The molecule has 29 heavy (non-hydrogen) atoms. The van der Waals surface area contributed by atoms with E-state index in [9.17, 15) is 24.0 Å². The molecule has 0 radical (unpaired) electrons. The second-order valence-corrected chi connectivity index (χ2v) is 9.14. The van der Waals surface area contributed by atoms with Crippen LogP contribution in [0.25, 0.3) is 0 Å². The van der Waals surface area contributed by atoms with Crippen molar-refractivity contribution >= 4 is 41.5 Å². The van der Waals surface area contributed by atoms with E-state index in [-0.39, 0.29) is 5.91 Å². The molecular weight excluding hydrogens is 406 g/mol. The van der Waals surface area contributed by atoms with Gasteiger partial charge in [0.15, 0.2) is 18.3 Å². The van der Waals surface area contributed by atoms with Gasteiger partial charge in [0.1, 0.15) is 18.0 Å². The van der Waals surface area contributed by atoms with E-state index in [1.165, 1.54) is 30.5 Å². The number of rotatable bonds is 6. The zero-order chi connectivity index (χ0) is 22.1. The van der Waals surface area contributed by atoms with Gasteiger partial charge in [0, 0.05) is 32.4 Å². The van der Waals surface area contributed by atoms with Crippen molar-refractivity contribution in [3.63, 3.8) is 0 Å². The highest BCUT2D eigenvalue weighted by Crippen LogP contribution is 2.50. The Labute approximate surface area is 172 Å². The first-order valence-corrected chi connectivity index (χ1v) is 9.88. The SMILES string of the molecule is CC(=O)OC[C@@H](OC(C)=O)[C@@H](OC(C)=O)C1OC(=O)C2N(C(C)=O)C1SC2(C)C. The molecule has 0 aromatic carbocycles. The summed E-state index contributed by atoms with van der Waals surface area (Å²) in [5, 5.41) is -0.676. The van der Waals surface area contributed by atoms with Gasteiger partial charge in [-0.1, -0.05) is 0 Å². The number of cyclic esters (lactones) is 1. The van der Waals surface area contributed by atoms with Crippen LogP contribution in [-0.2, 0) is 42.9 Å². The summed E-state index contributed by atoms with van der Waals surface area (Å²) in [7, 11) is 0. The van der Waals surface area contributed by atoms with E-state index < -0.39 is 65.0 Å². The fourth-order valence-corrected chi connectivity index (χ4v) is 5.23. The molecule has 10 nitrogen and oxygen atoms in total. The fourth-order valence-electron chi connectivity index (χ4n) is 3.54. The van der Waals surface area contributed by atoms with Gasteiger partial charge in [-0.05, 0) is 13.8 Å². The molecule has 0 saturated carbocycles. The van der Waals surface area contributed by atoms with Crippen LogP contribution in [0.3, 0.4) is 0 Å². The first kappa shape index (κ1) is 23.0. The van der Waals surface area contributed by atoms with Crippen molar-refractivity contribution in [2.75, 3.05) is 6.61 Å². The van der Waals surface area contributed by atoms with Gasteiger partial charge < -0.3 is 23.8 Å². The monoisotopic (exact) mass is 431 g/mol. The average Bonchev–Trinajstić information content (AvgIpc) is 2.80. The predicted molar refractivity (Wildman–Crippen MR) is 99.4 cm³/mol. The van der Waals surface area contributed by atoms with E-state index in [0.717, 1.165) is 13.8 Å². The third kappa shape index (κ3) is 5.01. The van der Waals surface area contributed by atoms with Crippen LogP contribution in [0.1, 0.15) is 41.5 Å². The van der Waals surface area contributed by atoms with Gasteiger partial charge in [-0.15, -0.1) is 11.8 Å². The van der Waals surface area contributed by atoms with Gasteiger partial charge in [0.2, 0.25) is 5.91 Å². The molecule has 2 saturated heterocycles. The maximum atomic E-state index is 12.7. The summed E-state index contributed by atoms with van der Waals surface area (Å²) in [5.74, 6) is -3.05. The number of morpholine rings is 1. The first-order chi connectivity index (χ1) is 13.3. The summed E-state index contributed by atoms with van der Waals surface area (Å²) in [5.41, 5.74) is 0. The van der Waals surface area contributed by atoms with Crippen LogP contribution in [0, 0.1) is 0 Å². The number of fused-ring (bicyclic) bond motifs is 2. The van der Waals surface area contributed by atoms with E-state index in [1.54, 1.807) is 0 Å². The number of hydrogen-bond acceptors (Lipinski definition) is 10. The minimum atomic E-state index is -1.28. The molecule has 2 heterocycles. The summed E-state index contributed by atoms with van der Waals surface area (Å²) < 4.78 is 20.4. The molecule has 5 atom stereocenters. The van der Waals surface area contributed by atoms with E-state index in [0.29, 0.717) is 0 Å². The zero-order valence-corrected chi connectivity index (χ0v) is 17.9. The first-order valence-electron chi connectivity index (χ1n) is 9.00. The highest BCUT2D eigenvalue weighted by atomic mass is 32.2. The van der Waals surface area contributed by atoms with Crippen molar-refractivity contribution in [3.8, 4) is 0 Å². The van der Waals surface area contributed by atoms with Crippen LogP contribution in [0.5, 0.6) is 0 Å². The Morgan fingerprint density at radius 2 is 1.66 bits per heavy atom. The van der Waals surface area contributed by atoms with E-state index in [4.69, 9.17) is 18.9 Å². The molecule has 0 spiro atoms. The smallest absolute Gasteiger partial charge is 0.330 e. The summed E-state index contributed by atoms with van der Waals surface area (Å²) >= 11 is 1.32. The molecule has 11 heteroatoms. The van der Waals surface area contributed by atoms with Crippen molar-refractivity contribution < 1.29 is 42.9 Å². The number of thioether (sulfide) groups is 1. The van der Waals surface area contributed by atoms with E-state index in [2.05, 4.69) is 0 Å². The molecule has 2 rings (SSSR count). The summed E-state index contributed by atoms with van der Waals surface area (Å²) in [6.45, 7) is 8.00. The normalized spacial score (nSPS) is 26.8. The Morgan fingerprint density at radius 1 is 1.07 bits per heavy atom. The lowest BCUT2D eigenvalue weighted by Gasteiger charge is -2.42. The average molecular weight is 431 g/mol. The second-order valence-electron chi connectivity index (χ2n) is 7.37. The van der Waals surface area contributed by atoms with Gasteiger partial charge in [-0.2, -0.15) is 0 Å². The molecule has 0 aromatic rings. The number of nitrogens with zero attached hydrogens (tertiary/aromatic N) is 1. The molecule has 162 valence electrons. The number of hydrogen-bond donors (Lipinski definition) is 0. The van der Waals surface area contributed by atoms with Crippen molar-refractivity contribution in [1.82, 2.24) is 4.90 Å². The molecule has 2 aliphatic rings. The number of carbonyl (C=O) groups is 5. The minimum Gasteiger partial charge on any atom is -0.462 e. The lowest BCUT2D eigenvalue weighted by Crippen LogP contribution is -2.63. The standard InChI is InChI=1S/C18H25NO9S/c1-8(20)19-15-17(24)28-14(16(19)29-18(15,5)6)13(27-11(4)23)12(26-10(3)22)7-25-9(2)21/h12-16H,7H2,1-6H3/t12-,13-,14?,15?,16?/m1/s1. The Balaban J connectivity index is 2.45. The van der Waals surface area contributed by atoms with E-state index in [1.807, 2.05) is 13.8 Å². The van der Waals surface area contributed by atoms with Crippen molar-refractivity contribution in [3.05, 3.63) is 0 Å². The van der Waals surface area contributed by atoms with Crippen molar-refractivity contribution in [2.45, 2.75) is 76.0 Å². The van der Waals surface area contributed by atoms with Gasteiger partial charge in [-0.25, -0.2) is 4.79 Å². The largest absolute Gasteiger partial charge is 0.462 e. The van der Waals surface area contributed by atoms with Gasteiger partial charge in [-0.3, -0.25) is 19.2 Å². The van der Waals surface area contributed by atoms with Crippen LogP contribution in [0.4, 0.5) is 0 Å². The molecule has 0 N–H and O–H groups in total. The maximum absolute atomic E-state index is 12.7. The fraction of sp³-hybridized carbons (Fsp3) is 0.722. The molecular formula is C18H25NO9S. The summed E-state index contributed by atoms with van der Waals surface area (Å²) in [6.07, 6.45) is -3.64. The van der Waals surface area contributed by atoms with Crippen molar-refractivity contribution in [1.29, 1.82) is 0 Å². The Hall–Kier alpha value is -2.30. The Kier molecular flexibility index (Phi) is 6.82. The van der Waals surface area contributed by atoms with Crippen LogP contribution >= 0.6 is 11.8 Å². The molecule has 2 fully saturated rings. The van der Waals surface area contributed by atoms with Crippen LogP contribution in [-0.4, -0.2) is 75.8 Å². The lowest BCUT2D eigenvalue weighted by atomic mass is 9.97.